The summed E-state index contributed by atoms with van der Waals surface area (Å²) in [6.45, 7) is 5.61. The van der Waals surface area contributed by atoms with Gasteiger partial charge in [-0.25, -0.2) is 9.78 Å². The molecule has 5 rings (SSSR count). The minimum atomic E-state index is -0.836. The number of rotatable bonds is 3. The summed E-state index contributed by atoms with van der Waals surface area (Å²) in [5.41, 5.74) is 0.246. The maximum absolute atomic E-state index is 13.0. The first kappa shape index (κ1) is 22.8. The van der Waals surface area contributed by atoms with E-state index in [-0.39, 0.29) is 35.8 Å². The Kier molecular flexibility index (Phi) is 5.76. The monoisotopic (exact) mass is 458 g/mol. The van der Waals surface area contributed by atoms with Crippen LogP contribution in [-0.4, -0.2) is 69.0 Å². The maximum atomic E-state index is 13.0. The van der Waals surface area contributed by atoms with E-state index in [9.17, 15) is 15.0 Å². The number of hydrogen-bond acceptors (Lipinski definition) is 7. The highest BCUT2D eigenvalue weighted by Gasteiger charge is 2.66. The van der Waals surface area contributed by atoms with Crippen molar-refractivity contribution in [2.45, 2.75) is 75.8 Å². The first-order valence-corrected chi connectivity index (χ1v) is 11.9. The van der Waals surface area contributed by atoms with E-state index >= 15 is 0 Å². The molecule has 2 fully saturated rings. The number of carbonyl (C=O) groups is 1. The van der Waals surface area contributed by atoms with Crippen LogP contribution in [0.25, 0.3) is 0 Å². The Balaban J connectivity index is 1.63. The van der Waals surface area contributed by atoms with Crippen LogP contribution < -0.4 is 0 Å². The molecule has 1 saturated carbocycles. The van der Waals surface area contributed by atoms with Crippen molar-refractivity contribution in [2.75, 3.05) is 7.11 Å². The molecule has 0 radical (unpaired) electrons. The molecule has 8 nitrogen and oxygen atoms in total. The summed E-state index contributed by atoms with van der Waals surface area (Å²) in [6, 6.07) is -0.0273. The lowest BCUT2D eigenvalue weighted by Crippen LogP contribution is -2.54. The molecule has 33 heavy (non-hydrogen) atoms. The third-order valence-electron chi connectivity index (χ3n) is 8.31. The van der Waals surface area contributed by atoms with Crippen molar-refractivity contribution in [3.63, 3.8) is 0 Å². The fraction of sp³-hybridized carbons (Fsp3) is 0.680. The van der Waals surface area contributed by atoms with Gasteiger partial charge in [0.1, 0.15) is 11.7 Å². The number of aromatic nitrogens is 2. The molecular weight excluding hydrogens is 424 g/mol. The SMILES string of the molecule is CO[C@H]1C[C@H]2C=C[C@H]3[C@H]4O[C@]2(C(C)=C[C@@H](C)[C@@H]([C@@H](C)O)OC1=O)[C@@H]3[C@H](O)C[C@H]4n1ccnc1. The van der Waals surface area contributed by atoms with Gasteiger partial charge in [-0.3, -0.25) is 0 Å². The van der Waals surface area contributed by atoms with E-state index in [2.05, 4.69) is 23.2 Å². The Morgan fingerprint density at radius 2 is 2.12 bits per heavy atom. The topological polar surface area (TPSA) is 103 Å². The molecule has 8 heteroatoms. The average Bonchev–Trinajstić information content (AvgIpc) is 3.36. The van der Waals surface area contributed by atoms with E-state index in [0.717, 1.165) is 5.57 Å². The summed E-state index contributed by atoms with van der Waals surface area (Å²) in [7, 11) is 1.50. The molecule has 0 amide bonds. The number of hydrogen-bond donors (Lipinski definition) is 2. The molecule has 4 aliphatic rings. The summed E-state index contributed by atoms with van der Waals surface area (Å²) >= 11 is 0. The molecule has 180 valence electrons. The summed E-state index contributed by atoms with van der Waals surface area (Å²) in [6.07, 6.45) is 9.75. The van der Waals surface area contributed by atoms with Crippen molar-refractivity contribution in [1.29, 1.82) is 0 Å². The second-order valence-corrected chi connectivity index (χ2v) is 10.2. The number of ether oxygens (including phenoxy) is 3. The van der Waals surface area contributed by atoms with E-state index < -0.39 is 36.0 Å². The lowest BCUT2D eigenvalue weighted by molar-refractivity contribution is -0.172. The molecule has 3 heterocycles. The van der Waals surface area contributed by atoms with Crippen molar-refractivity contribution in [3.8, 4) is 0 Å². The number of nitrogens with zero attached hydrogens (tertiary/aromatic N) is 2. The van der Waals surface area contributed by atoms with Gasteiger partial charge in [0.25, 0.3) is 0 Å². The van der Waals surface area contributed by atoms with Gasteiger partial charge >= 0.3 is 5.97 Å². The Hall–Kier alpha value is -2.00. The van der Waals surface area contributed by atoms with Gasteiger partial charge in [-0.2, -0.15) is 0 Å². The summed E-state index contributed by atoms with van der Waals surface area (Å²) in [5, 5.41) is 21.8. The smallest absolute Gasteiger partial charge is 0.335 e. The Morgan fingerprint density at radius 1 is 1.33 bits per heavy atom. The summed E-state index contributed by atoms with van der Waals surface area (Å²) in [5.74, 6) is -0.955. The fourth-order valence-electron chi connectivity index (χ4n) is 6.90. The van der Waals surface area contributed by atoms with Gasteiger partial charge in [-0.05, 0) is 32.3 Å². The van der Waals surface area contributed by atoms with Crippen LogP contribution in [0, 0.1) is 23.7 Å². The number of aliphatic hydroxyl groups is 2. The minimum absolute atomic E-state index is 0.0273. The van der Waals surface area contributed by atoms with Crippen LogP contribution in [0.15, 0.2) is 42.5 Å². The van der Waals surface area contributed by atoms with Gasteiger partial charge < -0.3 is 29.0 Å². The minimum Gasteiger partial charge on any atom is -0.457 e. The Bertz CT molecular complexity index is 943. The van der Waals surface area contributed by atoms with E-state index in [1.54, 1.807) is 19.4 Å². The van der Waals surface area contributed by atoms with Crippen LogP contribution in [0.1, 0.15) is 39.7 Å². The van der Waals surface area contributed by atoms with Gasteiger partial charge in [0.05, 0.1) is 30.7 Å². The lowest BCUT2D eigenvalue weighted by Gasteiger charge is -2.47. The van der Waals surface area contributed by atoms with Crippen molar-refractivity contribution in [3.05, 3.63) is 42.5 Å². The van der Waals surface area contributed by atoms with Gasteiger partial charge in [-0.15, -0.1) is 0 Å². The van der Waals surface area contributed by atoms with E-state index in [1.165, 1.54) is 7.11 Å². The molecule has 1 aromatic heterocycles. The molecule has 2 N–H and O–H groups in total. The molecular formula is C25H34N2O6. The van der Waals surface area contributed by atoms with Gasteiger partial charge in [0.2, 0.25) is 0 Å². The lowest BCUT2D eigenvalue weighted by atomic mass is 9.59. The van der Waals surface area contributed by atoms with Crippen LogP contribution >= 0.6 is 0 Å². The van der Waals surface area contributed by atoms with Crippen molar-refractivity contribution >= 4 is 5.97 Å². The van der Waals surface area contributed by atoms with Crippen LogP contribution in [0.2, 0.25) is 0 Å². The first-order valence-electron chi connectivity index (χ1n) is 11.9. The maximum Gasteiger partial charge on any atom is 0.335 e. The molecule has 0 aromatic carbocycles. The second kappa shape index (κ2) is 8.34. The molecule has 1 spiro atoms. The predicted octanol–water partition coefficient (Wildman–Crippen LogP) is 2.04. The number of cyclic esters (lactones) is 1. The molecule has 11 atom stereocenters. The zero-order valence-corrected chi connectivity index (χ0v) is 19.6. The zero-order valence-electron chi connectivity index (χ0n) is 19.6. The highest BCUT2D eigenvalue weighted by molar-refractivity contribution is 5.75. The normalized spacial score (nSPS) is 45.7. The van der Waals surface area contributed by atoms with E-state index in [4.69, 9.17) is 14.2 Å². The quantitative estimate of drug-likeness (QED) is 0.528. The number of imidazole rings is 1. The molecule has 1 aromatic rings. The van der Waals surface area contributed by atoms with Crippen LogP contribution in [0.3, 0.4) is 0 Å². The summed E-state index contributed by atoms with van der Waals surface area (Å²) in [4.78, 5) is 17.2. The largest absolute Gasteiger partial charge is 0.457 e. The number of carbonyl (C=O) groups excluding carboxylic acids is 1. The fourth-order valence-corrected chi connectivity index (χ4v) is 6.90. The highest BCUT2D eigenvalue weighted by atomic mass is 16.6. The summed E-state index contributed by atoms with van der Waals surface area (Å²) < 4.78 is 20.3. The first-order chi connectivity index (χ1) is 15.8. The Morgan fingerprint density at radius 3 is 2.79 bits per heavy atom. The van der Waals surface area contributed by atoms with Crippen LogP contribution in [0.5, 0.6) is 0 Å². The van der Waals surface area contributed by atoms with Crippen LogP contribution in [0.4, 0.5) is 0 Å². The van der Waals surface area contributed by atoms with Crippen molar-refractivity contribution in [1.82, 2.24) is 9.55 Å². The van der Waals surface area contributed by atoms with Crippen LogP contribution in [-0.2, 0) is 19.0 Å². The van der Waals surface area contributed by atoms with Gasteiger partial charge in [0, 0.05) is 43.2 Å². The molecule has 2 aliphatic carbocycles. The van der Waals surface area contributed by atoms with E-state index in [1.807, 2.05) is 24.6 Å². The number of esters is 1. The third-order valence-corrected chi connectivity index (χ3v) is 8.31. The predicted molar refractivity (Wildman–Crippen MR) is 119 cm³/mol. The van der Waals surface area contributed by atoms with E-state index in [0.29, 0.717) is 12.8 Å². The number of methoxy groups -OCH3 is 1. The molecule has 1 saturated heterocycles. The Labute approximate surface area is 194 Å². The highest BCUT2D eigenvalue weighted by Crippen LogP contribution is 2.61. The van der Waals surface area contributed by atoms with Gasteiger partial charge in [0.15, 0.2) is 6.10 Å². The molecule has 0 unspecified atom stereocenters. The molecule has 4 bridgehead atoms. The standard InChI is InChI=1S/C25H34N2O6/c1-13-9-14(2)25-16(10-20(31-4)24(30)32-22(13)15(3)28)5-6-17-21(25)19(29)11-18(23(17)33-25)27-8-7-26-12-27/h5-9,12-13,15-23,28-29H,10-11H2,1-4H3/t13-,15-,16-,17-,18-,19-,20+,21+,22+,23-,25+/m1/s1. The van der Waals surface area contributed by atoms with Crippen molar-refractivity contribution < 1.29 is 29.2 Å². The molecule has 2 aliphatic heterocycles. The van der Waals surface area contributed by atoms with Gasteiger partial charge in [-0.1, -0.05) is 25.2 Å². The second-order valence-electron chi connectivity index (χ2n) is 10.2. The number of aliphatic hydroxyl groups excluding tert-OH is 2. The zero-order chi connectivity index (χ0) is 23.5. The average molecular weight is 459 g/mol. The van der Waals surface area contributed by atoms with Crippen molar-refractivity contribution in [2.24, 2.45) is 23.7 Å². The third kappa shape index (κ3) is 3.41.